The highest BCUT2D eigenvalue weighted by Crippen LogP contribution is 2.28. The fourth-order valence-electron chi connectivity index (χ4n) is 2.09. The Hall–Kier alpha value is -2.75. The Morgan fingerprint density at radius 2 is 1.63 bits per heavy atom. The summed E-state index contributed by atoms with van der Waals surface area (Å²) in [5.74, 6) is 0.446. The molecule has 0 spiro atoms. The molecule has 4 nitrogen and oxygen atoms in total. The number of nitrogens with two attached hydrogens (primary N) is 2. The molecular weight excluding hydrogens is 240 g/mol. The zero-order valence-corrected chi connectivity index (χ0v) is 10.1. The van der Waals surface area contributed by atoms with Crippen molar-refractivity contribution in [1.29, 1.82) is 0 Å². The SMILES string of the molecule is Nc1ccccc1-c1cc(=O)c2c(N)cccc2o1. The Morgan fingerprint density at radius 3 is 2.42 bits per heavy atom. The van der Waals surface area contributed by atoms with Gasteiger partial charge in [0.1, 0.15) is 11.3 Å². The molecular formula is C15H12N2O2. The molecule has 0 aliphatic rings. The topological polar surface area (TPSA) is 82.2 Å². The van der Waals surface area contributed by atoms with Crippen LogP contribution in [-0.4, -0.2) is 0 Å². The van der Waals surface area contributed by atoms with E-state index >= 15 is 0 Å². The molecule has 0 fully saturated rings. The first-order valence-corrected chi connectivity index (χ1v) is 5.84. The van der Waals surface area contributed by atoms with E-state index in [0.29, 0.717) is 33.7 Å². The van der Waals surface area contributed by atoms with Crippen LogP contribution in [0.4, 0.5) is 11.4 Å². The molecule has 0 radical (unpaired) electrons. The summed E-state index contributed by atoms with van der Waals surface area (Å²) in [4.78, 5) is 12.1. The second-order valence-electron chi connectivity index (χ2n) is 4.28. The van der Waals surface area contributed by atoms with E-state index in [0.717, 1.165) is 0 Å². The lowest BCUT2D eigenvalue weighted by Gasteiger charge is -2.06. The smallest absolute Gasteiger partial charge is 0.195 e. The van der Waals surface area contributed by atoms with Gasteiger partial charge in [-0.25, -0.2) is 0 Å². The monoisotopic (exact) mass is 252 g/mol. The standard InChI is InChI=1S/C15H12N2O2/c16-10-5-2-1-4-9(10)14-8-12(18)15-11(17)6-3-7-13(15)19-14/h1-8H,16-17H2. The summed E-state index contributed by atoms with van der Waals surface area (Å²) in [5.41, 5.74) is 13.7. The molecule has 3 rings (SSSR count). The summed E-state index contributed by atoms with van der Waals surface area (Å²) in [6.07, 6.45) is 0. The van der Waals surface area contributed by atoms with Crippen molar-refractivity contribution < 1.29 is 4.42 Å². The molecule has 0 saturated heterocycles. The Bertz CT molecular complexity index is 822. The van der Waals surface area contributed by atoms with E-state index in [9.17, 15) is 4.79 Å². The molecule has 1 heterocycles. The first kappa shape index (κ1) is 11.3. The normalized spacial score (nSPS) is 10.7. The Labute approximate surface area is 109 Å². The van der Waals surface area contributed by atoms with Crippen LogP contribution < -0.4 is 16.9 Å². The Balaban J connectivity index is 2.34. The number of benzene rings is 2. The maximum atomic E-state index is 12.1. The van der Waals surface area contributed by atoms with Gasteiger partial charge in [0.25, 0.3) is 0 Å². The third-order valence-electron chi connectivity index (χ3n) is 3.01. The molecule has 0 unspecified atom stereocenters. The largest absolute Gasteiger partial charge is 0.456 e. The van der Waals surface area contributed by atoms with Crippen LogP contribution in [0.25, 0.3) is 22.3 Å². The van der Waals surface area contributed by atoms with Crippen molar-refractivity contribution in [3.05, 3.63) is 58.8 Å². The number of rotatable bonds is 1. The lowest BCUT2D eigenvalue weighted by atomic mass is 10.1. The molecule has 3 aromatic rings. The third kappa shape index (κ3) is 1.83. The minimum Gasteiger partial charge on any atom is -0.456 e. The molecule has 0 aliphatic carbocycles. The number of fused-ring (bicyclic) bond motifs is 1. The van der Waals surface area contributed by atoms with Crippen LogP contribution in [0.3, 0.4) is 0 Å². The van der Waals surface area contributed by atoms with Gasteiger partial charge in [-0.15, -0.1) is 0 Å². The van der Waals surface area contributed by atoms with Gasteiger partial charge < -0.3 is 15.9 Å². The average Bonchev–Trinajstić information content (AvgIpc) is 2.39. The van der Waals surface area contributed by atoms with Crippen molar-refractivity contribution in [2.45, 2.75) is 0 Å². The molecule has 0 saturated carbocycles. The van der Waals surface area contributed by atoms with Gasteiger partial charge in [0, 0.05) is 23.0 Å². The minimum absolute atomic E-state index is 0.169. The van der Waals surface area contributed by atoms with Gasteiger partial charge in [-0.3, -0.25) is 4.79 Å². The van der Waals surface area contributed by atoms with E-state index < -0.39 is 0 Å². The molecule has 1 aromatic heterocycles. The van der Waals surface area contributed by atoms with Gasteiger partial charge in [0.05, 0.1) is 5.39 Å². The molecule has 0 aliphatic heterocycles. The summed E-state index contributed by atoms with van der Waals surface area (Å²) >= 11 is 0. The summed E-state index contributed by atoms with van der Waals surface area (Å²) in [5, 5.41) is 0.403. The summed E-state index contributed by atoms with van der Waals surface area (Å²) in [6.45, 7) is 0. The van der Waals surface area contributed by atoms with Crippen molar-refractivity contribution in [2.75, 3.05) is 11.5 Å². The highest BCUT2D eigenvalue weighted by Gasteiger charge is 2.10. The van der Waals surface area contributed by atoms with Crippen molar-refractivity contribution in [2.24, 2.45) is 0 Å². The van der Waals surface area contributed by atoms with Crippen LogP contribution in [0.2, 0.25) is 0 Å². The summed E-state index contributed by atoms with van der Waals surface area (Å²) in [7, 11) is 0. The number of hydrogen-bond acceptors (Lipinski definition) is 4. The van der Waals surface area contributed by atoms with Crippen LogP contribution >= 0.6 is 0 Å². The number of hydrogen-bond donors (Lipinski definition) is 2. The minimum atomic E-state index is -0.169. The highest BCUT2D eigenvalue weighted by atomic mass is 16.3. The second kappa shape index (κ2) is 4.17. The van der Waals surface area contributed by atoms with Gasteiger partial charge in [0.2, 0.25) is 0 Å². The molecule has 94 valence electrons. The highest BCUT2D eigenvalue weighted by molar-refractivity contribution is 5.90. The lowest BCUT2D eigenvalue weighted by Crippen LogP contribution is -2.04. The van der Waals surface area contributed by atoms with E-state index in [1.807, 2.05) is 18.2 Å². The first-order valence-electron chi connectivity index (χ1n) is 5.84. The fourth-order valence-corrected chi connectivity index (χ4v) is 2.09. The zero-order chi connectivity index (χ0) is 13.4. The van der Waals surface area contributed by atoms with Crippen molar-refractivity contribution in [3.8, 4) is 11.3 Å². The number of para-hydroxylation sites is 1. The molecule has 0 amide bonds. The quantitative estimate of drug-likeness (QED) is 0.652. The van der Waals surface area contributed by atoms with Crippen molar-refractivity contribution in [3.63, 3.8) is 0 Å². The predicted octanol–water partition coefficient (Wildman–Crippen LogP) is 2.62. The van der Waals surface area contributed by atoms with Gasteiger partial charge in [0.15, 0.2) is 5.43 Å². The summed E-state index contributed by atoms with van der Waals surface area (Å²) in [6, 6.07) is 13.8. The van der Waals surface area contributed by atoms with E-state index in [2.05, 4.69) is 0 Å². The van der Waals surface area contributed by atoms with Crippen LogP contribution in [0.15, 0.2) is 57.7 Å². The van der Waals surface area contributed by atoms with Gasteiger partial charge in [-0.05, 0) is 24.3 Å². The van der Waals surface area contributed by atoms with Gasteiger partial charge in [-0.2, -0.15) is 0 Å². The molecule has 4 heteroatoms. The second-order valence-corrected chi connectivity index (χ2v) is 4.28. The van der Waals surface area contributed by atoms with Gasteiger partial charge in [-0.1, -0.05) is 18.2 Å². The van der Waals surface area contributed by atoms with Crippen LogP contribution in [0.1, 0.15) is 0 Å². The molecule has 0 atom stereocenters. The average molecular weight is 252 g/mol. The fraction of sp³-hybridized carbons (Fsp3) is 0. The van der Waals surface area contributed by atoms with E-state index in [1.165, 1.54) is 6.07 Å². The maximum Gasteiger partial charge on any atom is 0.195 e. The van der Waals surface area contributed by atoms with Crippen LogP contribution in [-0.2, 0) is 0 Å². The number of nitrogen functional groups attached to an aromatic ring is 2. The van der Waals surface area contributed by atoms with E-state index in [1.54, 1.807) is 24.3 Å². The van der Waals surface area contributed by atoms with Crippen molar-refractivity contribution >= 4 is 22.3 Å². The maximum absolute atomic E-state index is 12.1. The lowest BCUT2D eigenvalue weighted by molar-refractivity contribution is 0.619. The first-order chi connectivity index (χ1) is 9.16. The Kier molecular flexibility index (Phi) is 2.49. The number of anilines is 2. The molecule has 19 heavy (non-hydrogen) atoms. The van der Waals surface area contributed by atoms with E-state index in [4.69, 9.17) is 15.9 Å². The Morgan fingerprint density at radius 1 is 0.895 bits per heavy atom. The summed E-state index contributed by atoms with van der Waals surface area (Å²) < 4.78 is 5.73. The zero-order valence-electron chi connectivity index (χ0n) is 10.1. The molecule has 0 bridgehead atoms. The van der Waals surface area contributed by atoms with Crippen LogP contribution in [0, 0.1) is 0 Å². The predicted molar refractivity (Wildman–Crippen MR) is 76.7 cm³/mol. The van der Waals surface area contributed by atoms with Crippen LogP contribution in [0.5, 0.6) is 0 Å². The van der Waals surface area contributed by atoms with E-state index in [-0.39, 0.29) is 5.43 Å². The van der Waals surface area contributed by atoms with Gasteiger partial charge >= 0.3 is 0 Å². The molecule has 2 aromatic carbocycles. The van der Waals surface area contributed by atoms with Crippen molar-refractivity contribution in [1.82, 2.24) is 0 Å². The third-order valence-corrected chi connectivity index (χ3v) is 3.01. The molecule has 4 N–H and O–H groups in total.